The van der Waals surface area contributed by atoms with Gasteiger partial charge in [0.2, 0.25) is 5.88 Å². The number of ether oxygens (including phenoxy) is 1. The molecule has 0 saturated heterocycles. The second-order valence-electron chi connectivity index (χ2n) is 5.74. The molecule has 0 aliphatic heterocycles. The predicted octanol–water partition coefficient (Wildman–Crippen LogP) is 3.89. The van der Waals surface area contributed by atoms with Gasteiger partial charge in [0, 0.05) is 11.5 Å². The van der Waals surface area contributed by atoms with E-state index in [2.05, 4.69) is 11.9 Å². The zero-order valence-corrected chi connectivity index (χ0v) is 12.1. The lowest BCUT2D eigenvalue weighted by molar-refractivity contribution is 0.0699. The first kappa shape index (κ1) is 13.9. The van der Waals surface area contributed by atoms with Crippen molar-refractivity contribution in [2.24, 2.45) is 5.92 Å². The topological polar surface area (TPSA) is 59.4 Å². The van der Waals surface area contributed by atoms with Crippen molar-refractivity contribution in [2.75, 3.05) is 0 Å². The fourth-order valence-electron chi connectivity index (χ4n) is 3.00. The zero-order valence-electron chi connectivity index (χ0n) is 12.1. The Morgan fingerprint density at radius 2 is 2.05 bits per heavy atom. The molecule has 0 bridgehead atoms. The van der Waals surface area contributed by atoms with Gasteiger partial charge in [0.05, 0.1) is 11.1 Å². The van der Waals surface area contributed by atoms with Gasteiger partial charge in [-0.2, -0.15) is 0 Å². The van der Waals surface area contributed by atoms with Crippen LogP contribution in [-0.2, 0) is 0 Å². The van der Waals surface area contributed by atoms with Gasteiger partial charge in [-0.1, -0.05) is 19.4 Å². The Hall–Kier alpha value is -2.10. The van der Waals surface area contributed by atoms with Crippen LogP contribution in [0.5, 0.6) is 5.88 Å². The lowest BCUT2D eigenvalue weighted by atomic mass is 9.88. The third-order valence-electron chi connectivity index (χ3n) is 4.24. The molecule has 1 heterocycles. The van der Waals surface area contributed by atoms with Gasteiger partial charge >= 0.3 is 5.97 Å². The van der Waals surface area contributed by atoms with Gasteiger partial charge in [0.1, 0.15) is 6.10 Å². The highest BCUT2D eigenvalue weighted by molar-refractivity contribution is 6.02. The van der Waals surface area contributed by atoms with Crippen molar-refractivity contribution < 1.29 is 14.6 Å². The van der Waals surface area contributed by atoms with Crippen molar-refractivity contribution in [3.8, 4) is 5.88 Å². The van der Waals surface area contributed by atoms with E-state index in [-0.39, 0.29) is 11.7 Å². The minimum absolute atomic E-state index is 0.214. The maximum atomic E-state index is 11.2. The minimum Gasteiger partial charge on any atom is -0.478 e. The number of carbonyl (C=O) groups is 1. The van der Waals surface area contributed by atoms with Crippen molar-refractivity contribution in [1.29, 1.82) is 0 Å². The molecule has 0 radical (unpaired) electrons. The summed E-state index contributed by atoms with van der Waals surface area (Å²) in [5.41, 5.74) is 0.938. The van der Waals surface area contributed by atoms with Crippen LogP contribution in [0.15, 0.2) is 30.3 Å². The van der Waals surface area contributed by atoms with Gasteiger partial charge in [-0.05, 0) is 43.4 Å². The van der Waals surface area contributed by atoms with E-state index in [4.69, 9.17) is 4.74 Å². The molecule has 1 aromatic heterocycles. The Balaban J connectivity index is 1.89. The number of aromatic carboxylic acids is 1. The molecular formula is C17H19NO3. The average Bonchev–Trinajstić information content (AvgIpc) is 2.48. The zero-order chi connectivity index (χ0) is 14.8. The quantitative estimate of drug-likeness (QED) is 0.929. The number of rotatable bonds is 3. The molecule has 1 fully saturated rings. The molecular weight excluding hydrogens is 266 g/mol. The van der Waals surface area contributed by atoms with Crippen LogP contribution < -0.4 is 4.74 Å². The van der Waals surface area contributed by atoms with Crippen LogP contribution in [0.4, 0.5) is 0 Å². The highest BCUT2D eigenvalue weighted by Crippen LogP contribution is 2.28. The molecule has 2 aromatic rings. The third-order valence-corrected chi connectivity index (χ3v) is 4.24. The highest BCUT2D eigenvalue weighted by Gasteiger charge is 2.23. The van der Waals surface area contributed by atoms with Gasteiger partial charge in [-0.15, -0.1) is 0 Å². The van der Waals surface area contributed by atoms with E-state index in [0.29, 0.717) is 22.7 Å². The van der Waals surface area contributed by atoms with Crippen LogP contribution >= 0.6 is 0 Å². The summed E-state index contributed by atoms with van der Waals surface area (Å²) >= 11 is 0. The Kier molecular flexibility index (Phi) is 3.78. The molecule has 4 nitrogen and oxygen atoms in total. The number of fused-ring (bicyclic) bond motifs is 1. The molecule has 2 atom stereocenters. The Labute approximate surface area is 123 Å². The smallest absolute Gasteiger partial charge is 0.336 e. The average molecular weight is 285 g/mol. The van der Waals surface area contributed by atoms with E-state index in [1.807, 2.05) is 6.07 Å². The van der Waals surface area contributed by atoms with Crippen LogP contribution in [0.2, 0.25) is 0 Å². The van der Waals surface area contributed by atoms with Crippen molar-refractivity contribution in [3.05, 3.63) is 35.9 Å². The molecule has 1 aromatic carbocycles. The molecule has 2 unspecified atom stereocenters. The summed E-state index contributed by atoms with van der Waals surface area (Å²) < 4.78 is 6.02. The van der Waals surface area contributed by atoms with Gasteiger partial charge in [-0.3, -0.25) is 0 Å². The van der Waals surface area contributed by atoms with E-state index in [9.17, 15) is 9.90 Å². The van der Waals surface area contributed by atoms with Gasteiger partial charge in [0.25, 0.3) is 0 Å². The van der Waals surface area contributed by atoms with Gasteiger partial charge < -0.3 is 9.84 Å². The fraction of sp³-hybridized carbons (Fsp3) is 0.412. The molecule has 0 amide bonds. The minimum atomic E-state index is -0.933. The molecule has 21 heavy (non-hydrogen) atoms. The molecule has 4 heteroatoms. The Morgan fingerprint density at radius 3 is 2.81 bits per heavy atom. The number of carboxylic acids is 1. The van der Waals surface area contributed by atoms with E-state index in [0.717, 1.165) is 6.42 Å². The monoisotopic (exact) mass is 285 g/mol. The van der Waals surface area contributed by atoms with Crippen molar-refractivity contribution in [2.45, 2.75) is 38.7 Å². The number of hydrogen-bond acceptors (Lipinski definition) is 3. The first-order valence-electron chi connectivity index (χ1n) is 7.45. The lowest BCUT2D eigenvalue weighted by Crippen LogP contribution is -2.28. The molecule has 1 N–H and O–H groups in total. The number of benzene rings is 1. The summed E-state index contributed by atoms with van der Waals surface area (Å²) in [5.74, 6) is 0.197. The number of nitrogens with zero attached hydrogens (tertiary/aromatic N) is 1. The van der Waals surface area contributed by atoms with Crippen LogP contribution in [-0.4, -0.2) is 22.2 Å². The molecule has 1 saturated carbocycles. The lowest BCUT2D eigenvalue weighted by Gasteiger charge is -2.28. The first-order valence-corrected chi connectivity index (χ1v) is 7.45. The predicted molar refractivity (Wildman–Crippen MR) is 80.8 cm³/mol. The molecule has 1 aliphatic carbocycles. The van der Waals surface area contributed by atoms with Crippen LogP contribution in [0, 0.1) is 5.92 Å². The fourth-order valence-corrected chi connectivity index (χ4v) is 3.00. The van der Waals surface area contributed by atoms with E-state index in [1.165, 1.54) is 19.3 Å². The van der Waals surface area contributed by atoms with Crippen LogP contribution in [0.25, 0.3) is 10.9 Å². The SMILES string of the molecule is CC1CCCCC1Oc1ccc2c(C(=O)O)cccc2n1. The summed E-state index contributed by atoms with van der Waals surface area (Å²) in [4.78, 5) is 15.7. The number of carboxylic acid groups (broad SMARTS) is 1. The standard InChI is InChI=1S/C17H19NO3/c1-11-5-2-3-8-15(11)21-16-10-9-12-13(17(19)20)6-4-7-14(12)18-16/h4,6-7,9-11,15H,2-3,5,8H2,1H3,(H,19,20). The van der Waals surface area contributed by atoms with E-state index >= 15 is 0 Å². The molecule has 0 spiro atoms. The Morgan fingerprint density at radius 1 is 1.24 bits per heavy atom. The second kappa shape index (κ2) is 5.72. The summed E-state index contributed by atoms with van der Waals surface area (Å²) in [5, 5.41) is 9.84. The number of hydrogen-bond donors (Lipinski definition) is 1. The number of aromatic nitrogens is 1. The van der Waals surface area contributed by atoms with Gasteiger partial charge in [-0.25, -0.2) is 9.78 Å². The van der Waals surface area contributed by atoms with Crippen LogP contribution in [0.3, 0.4) is 0 Å². The van der Waals surface area contributed by atoms with Gasteiger partial charge in [0.15, 0.2) is 0 Å². The maximum absolute atomic E-state index is 11.2. The number of pyridine rings is 1. The highest BCUT2D eigenvalue weighted by atomic mass is 16.5. The summed E-state index contributed by atoms with van der Waals surface area (Å²) in [7, 11) is 0. The largest absolute Gasteiger partial charge is 0.478 e. The summed E-state index contributed by atoms with van der Waals surface area (Å²) in [6.45, 7) is 2.22. The first-order chi connectivity index (χ1) is 10.1. The molecule has 1 aliphatic rings. The second-order valence-corrected chi connectivity index (χ2v) is 5.74. The maximum Gasteiger partial charge on any atom is 0.336 e. The summed E-state index contributed by atoms with van der Waals surface area (Å²) in [6.07, 6.45) is 4.95. The molecule has 3 rings (SSSR count). The normalized spacial score (nSPS) is 22.1. The van der Waals surface area contributed by atoms with Crippen LogP contribution in [0.1, 0.15) is 43.0 Å². The molecule has 110 valence electrons. The van der Waals surface area contributed by atoms with Crippen molar-refractivity contribution in [1.82, 2.24) is 4.98 Å². The summed E-state index contributed by atoms with van der Waals surface area (Å²) in [6, 6.07) is 8.69. The Bertz CT molecular complexity index is 668. The van der Waals surface area contributed by atoms with Crippen molar-refractivity contribution >= 4 is 16.9 Å². The van der Waals surface area contributed by atoms with E-state index in [1.54, 1.807) is 24.3 Å². The van der Waals surface area contributed by atoms with E-state index < -0.39 is 5.97 Å². The van der Waals surface area contributed by atoms with Crippen molar-refractivity contribution in [3.63, 3.8) is 0 Å². The third kappa shape index (κ3) is 2.84.